The Morgan fingerprint density at radius 2 is 2.24 bits per heavy atom. The Morgan fingerprint density at radius 3 is 2.76 bits per heavy atom. The van der Waals surface area contributed by atoms with Gasteiger partial charge in [0.15, 0.2) is 23.5 Å². The van der Waals surface area contributed by atoms with Crippen molar-refractivity contribution in [3.8, 4) is 5.75 Å². The highest BCUT2D eigenvalue weighted by molar-refractivity contribution is 5.85. The van der Waals surface area contributed by atoms with Crippen LogP contribution in [-0.4, -0.2) is 16.8 Å². The van der Waals surface area contributed by atoms with E-state index in [1.54, 1.807) is 0 Å². The van der Waals surface area contributed by atoms with Crippen LogP contribution in [0.15, 0.2) is 18.2 Å². The van der Waals surface area contributed by atoms with E-state index in [0.717, 1.165) is 18.6 Å². The highest BCUT2D eigenvalue weighted by atomic mass is 19.1. The number of carbonyl (C=O) groups is 1. The molecule has 5 nitrogen and oxygen atoms in total. The lowest BCUT2D eigenvalue weighted by Gasteiger charge is -2.12. The predicted octanol–water partition coefficient (Wildman–Crippen LogP) is 2.23. The van der Waals surface area contributed by atoms with Crippen LogP contribution >= 0.6 is 0 Å². The molecule has 0 heterocycles. The van der Waals surface area contributed by atoms with Crippen LogP contribution in [0.2, 0.25) is 0 Å². The minimum atomic E-state index is -0.820. The average molecular weight is 239 g/mol. The molecule has 1 aromatic carbocycles. The van der Waals surface area contributed by atoms with Crippen LogP contribution in [0, 0.1) is 15.9 Å². The first-order chi connectivity index (χ1) is 8.08. The minimum absolute atomic E-state index is 0.0530. The van der Waals surface area contributed by atoms with E-state index in [1.807, 2.05) is 0 Å². The van der Waals surface area contributed by atoms with Crippen molar-refractivity contribution in [2.45, 2.75) is 25.4 Å². The van der Waals surface area contributed by atoms with Gasteiger partial charge in [0.05, 0.1) is 11.0 Å². The molecule has 0 radical (unpaired) electrons. The Hall–Kier alpha value is -1.98. The number of nitro benzene ring substituents is 1. The van der Waals surface area contributed by atoms with Crippen LogP contribution in [0.1, 0.15) is 19.3 Å². The van der Waals surface area contributed by atoms with Crippen molar-refractivity contribution in [1.82, 2.24) is 0 Å². The van der Waals surface area contributed by atoms with Gasteiger partial charge in [-0.2, -0.15) is 0 Å². The molecule has 0 N–H and O–H groups in total. The fraction of sp³-hybridized carbons (Fsp3) is 0.364. The molecule has 1 fully saturated rings. The van der Waals surface area contributed by atoms with Crippen LogP contribution in [-0.2, 0) is 4.79 Å². The molecule has 6 heteroatoms. The molecule has 1 unspecified atom stereocenters. The number of Topliss-reactive ketones (excluding diaryl/α,β-unsaturated/α-hetero) is 1. The maximum absolute atomic E-state index is 13.5. The monoisotopic (exact) mass is 239 g/mol. The number of nitro groups is 1. The number of halogens is 1. The van der Waals surface area contributed by atoms with Gasteiger partial charge in [0.25, 0.3) is 5.69 Å². The maximum atomic E-state index is 13.5. The van der Waals surface area contributed by atoms with Gasteiger partial charge >= 0.3 is 0 Å². The molecule has 90 valence electrons. The predicted molar refractivity (Wildman–Crippen MR) is 56.3 cm³/mol. The summed E-state index contributed by atoms with van der Waals surface area (Å²) in [6.45, 7) is 0. The molecule has 0 bridgehead atoms. The van der Waals surface area contributed by atoms with Crippen LogP contribution < -0.4 is 4.74 Å². The Labute approximate surface area is 96.3 Å². The average Bonchev–Trinajstić information content (AvgIpc) is 2.67. The zero-order valence-electron chi connectivity index (χ0n) is 8.89. The highest BCUT2D eigenvalue weighted by Gasteiger charge is 2.27. The first-order valence-corrected chi connectivity index (χ1v) is 5.21. The summed E-state index contributed by atoms with van der Waals surface area (Å²) in [5, 5.41) is 10.4. The third kappa shape index (κ3) is 2.41. The molecule has 17 heavy (non-hydrogen) atoms. The van der Waals surface area contributed by atoms with E-state index in [-0.39, 0.29) is 17.2 Å². The molecule has 0 aliphatic heterocycles. The number of nitrogens with zero attached hydrogens (tertiary/aromatic N) is 1. The van der Waals surface area contributed by atoms with Crippen molar-refractivity contribution in [2.24, 2.45) is 0 Å². The Kier molecular flexibility index (Phi) is 3.03. The smallest absolute Gasteiger partial charge is 0.272 e. The summed E-state index contributed by atoms with van der Waals surface area (Å²) in [6, 6.07) is 3.12. The number of ketones is 1. The first-order valence-electron chi connectivity index (χ1n) is 5.21. The summed E-state index contributed by atoms with van der Waals surface area (Å²) >= 11 is 0. The number of hydrogen-bond donors (Lipinski definition) is 0. The molecular weight excluding hydrogens is 229 g/mol. The first kappa shape index (κ1) is 11.5. The van der Waals surface area contributed by atoms with E-state index in [0.29, 0.717) is 12.8 Å². The summed E-state index contributed by atoms with van der Waals surface area (Å²) in [7, 11) is 0. The number of carbonyl (C=O) groups excluding carboxylic acids is 1. The van der Waals surface area contributed by atoms with E-state index >= 15 is 0 Å². The van der Waals surface area contributed by atoms with Crippen molar-refractivity contribution >= 4 is 11.5 Å². The summed E-state index contributed by atoms with van der Waals surface area (Å²) < 4.78 is 18.7. The number of non-ortho nitro benzene ring substituents is 1. The van der Waals surface area contributed by atoms with Crippen LogP contribution in [0.25, 0.3) is 0 Å². The standard InChI is InChI=1S/C11H10FNO4/c12-8-6-7(13(15)16)4-5-10(8)17-11-3-1-2-9(11)14/h4-6,11H,1-3H2. The van der Waals surface area contributed by atoms with Crippen LogP contribution in [0.4, 0.5) is 10.1 Å². The molecule has 1 aliphatic rings. The van der Waals surface area contributed by atoms with Crippen molar-refractivity contribution in [3.05, 3.63) is 34.1 Å². The van der Waals surface area contributed by atoms with Gasteiger partial charge in [0.2, 0.25) is 0 Å². The summed E-state index contributed by atoms with van der Waals surface area (Å²) in [5.41, 5.74) is -0.340. The number of hydrogen-bond acceptors (Lipinski definition) is 4. The van der Waals surface area contributed by atoms with Crippen LogP contribution in [0.5, 0.6) is 5.75 Å². The summed E-state index contributed by atoms with van der Waals surface area (Å²) in [5.74, 6) is -0.988. The third-order valence-electron chi connectivity index (χ3n) is 2.64. The summed E-state index contributed by atoms with van der Waals surface area (Å²) in [6.07, 6.45) is 1.12. The molecule has 1 aliphatic carbocycles. The molecule has 1 atom stereocenters. The van der Waals surface area contributed by atoms with Crippen molar-refractivity contribution in [3.63, 3.8) is 0 Å². The number of benzene rings is 1. The molecule has 0 aromatic heterocycles. The Bertz CT molecular complexity index is 475. The molecule has 0 spiro atoms. The number of ether oxygens (including phenoxy) is 1. The fourth-order valence-electron chi connectivity index (χ4n) is 1.76. The lowest BCUT2D eigenvalue weighted by molar-refractivity contribution is -0.385. The van der Waals surface area contributed by atoms with E-state index < -0.39 is 16.8 Å². The lowest BCUT2D eigenvalue weighted by atomic mass is 10.2. The second-order valence-corrected chi connectivity index (χ2v) is 3.84. The quantitative estimate of drug-likeness (QED) is 0.599. The molecule has 2 rings (SSSR count). The van der Waals surface area contributed by atoms with E-state index in [4.69, 9.17) is 4.74 Å². The van der Waals surface area contributed by atoms with Gasteiger partial charge in [0, 0.05) is 12.5 Å². The van der Waals surface area contributed by atoms with E-state index in [9.17, 15) is 19.3 Å². The van der Waals surface area contributed by atoms with Gasteiger partial charge in [-0.15, -0.1) is 0 Å². The van der Waals surface area contributed by atoms with E-state index in [1.165, 1.54) is 6.07 Å². The second kappa shape index (κ2) is 4.48. The molecule has 0 amide bonds. The van der Waals surface area contributed by atoms with Gasteiger partial charge in [-0.05, 0) is 18.9 Å². The van der Waals surface area contributed by atoms with Gasteiger partial charge < -0.3 is 4.74 Å². The Morgan fingerprint density at radius 1 is 1.47 bits per heavy atom. The van der Waals surface area contributed by atoms with Crippen molar-refractivity contribution in [1.29, 1.82) is 0 Å². The highest BCUT2D eigenvalue weighted by Crippen LogP contribution is 2.26. The van der Waals surface area contributed by atoms with Gasteiger partial charge in [-0.1, -0.05) is 0 Å². The largest absolute Gasteiger partial charge is 0.480 e. The minimum Gasteiger partial charge on any atom is -0.480 e. The van der Waals surface area contributed by atoms with Crippen LogP contribution in [0.3, 0.4) is 0 Å². The third-order valence-corrected chi connectivity index (χ3v) is 2.64. The normalized spacial score (nSPS) is 19.4. The molecule has 0 saturated heterocycles. The maximum Gasteiger partial charge on any atom is 0.272 e. The topological polar surface area (TPSA) is 69.4 Å². The van der Waals surface area contributed by atoms with Gasteiger partial charge in [0.1, 0.15) is 0 Å². The molecule has 1 aromatic rings. The SMILES string of the molecule is O=C1CCCC1Oc1ccc([N+](=O)[O-])cc1F. The van der Waals surface area contributed by atoms with E-state index in [2.05, 4.69) is 0 Å². The second-order valence-electron chi connectivity index (χ2n) is 3.84. The Balaban J connectivity index is 2.16. The lowest BCUT2D eigenvalue weighted by Crippen LogP contribution is -2.21. The van der Waals surface area contributed by atoms with Gasteiger partial charge in [-0.25, -0.2) is 4.39 Å². The zero-order chi connectivity index (χ0) is 12.4. The van der Waals surface area contributed by atoms with Crippen molar-refractivity contribution in [2.75, 3.05) is 0 Å². The van der Waals surface area contributed by atoms with Crippen molar-refractivity contribution < 1.29 is 18.8 Å². The zero-order valence-corrected chi connectivity index (χ0v) is 8.89. The summed E-state index contributed by atoms with van der Waals surface area (Å²) in [4.78, 5) is 21.0. The molecular formula is C11H10FNO4. The number of rotatable bonds is 3. The van der Waals surface area contributed by atoms with Gasteiger partial charge in [-0.3, -0.25) is 14.9 Å². The fourth-order valence-corrected chi connectivity index (χ4v) is 1.76. The molecule has 1 saturated carbocycles.